The maximum atomic E-state index is 14.6. The Bertz CT molecular complexity index is 1840. The molecule has 274 valence electrons. The third-order valence-corrected chi connectivity index (χ3v) is 10.2. The van der Waals surface area contributed by atoms with E-state index in [1.54, 1.807) is 38.1 Å². The maximum Gasteiger partial charge on any atom is 0.416 e. The Morgan fingerprint density at radius 1 is 1.00 bits per heavy atom. The van der Waals surface area contributed by atoms with Crippen molar-refractivity contribution in [2.24, 2.45) is 5.41 Å². The van der Waals surface area contributed by atoms with Gasteiger partial charge in [0.05, 0.1) is 18.7 Å². The number of carbonyl (C=O) groups is 2. The summed E-state index contributed by atoms with van der Waals surface area (Å²) in [5.74, 6) is -0.733. The molecule has 1 heterocycles. The van der Waals surface area contributed by atoms with E-state index in [9.17, 15) is 35.9 Å². The standard InChI is InChI=1S/C39H42F6N2O4/c1-23-17-25(19-28(18-23)38(40,41)42)33-24(2)47(35(49)51-33)22-26-21-36(3,4)16-15-30(26)31-20-29(13-14-32(31)50-7)46(6)34(48)37(5,39(43,44)45)27-11-9-8-10-12-27/h8-14,17-20,24,33H,15-16,21-22H2,1-7H3/t24-,33-,37-/m0/s1. The Morgan fingerprint density at radius 2 is 1.67 bits per heavy atom. The van der Waals surface area contributed by atoms with E-state index < -0.39 is 47.5 Å². The lowest BCUT2D eigenvalue weighted by Gasteiger charge is -2.36. The molecule has 3 aromatic carbocycles. The minimum absolute atomic E-state index is 0.107. The first kappa shape index (κ1) is 37.8. The molecular formula is C39H42F6N2O4. The van der Waals surface area contributed by atoms with E-state index in [2.05, 4.69) is 13.8 Å². The molecule has 0 spiro atoms. The van der Waals surface area contributed by atoms with Crippen LogP contribution in [-0.4, -0.2) is 49.8 Å². The normalized spacial score (nSPS) is 20.6. The number of aryl methyl sites for hydroxylation is 1. The molecule has 2 amide bonds. The van der Waals surface area contributed by atoms with Crippen molar-refractivity contribution in [1.82, 2.24) is 4.90 Å². The van der Waals surface area contributed by atoms with E-state index in [0.29, 0.717) is 29.7 Å². The lowest BCUT2D eigenvalue weighted by molar-refractivity contribution is -0.189. The van der Waals surface area contributed by atoms with Crippen molar-refractivity contribution >= 4 is 23.3 Å². The summed E-state index contributed by atoms with van der Waals surface area (Å²) in [5.41, 5.74) is -0.942. The Morgan fingerprint density at radius 3 is 2.27 bits per heavy atom. The number of benzene rings is 3. The number of likely N-dealkylation sites (N-methyl/N-ethyl adjacent to an activating group) is 1. The van der Waals surface area contributed by atoms with Crippen LogP contribution in [0.5, 0.6) is 5.75 Å². The number of anilines is 1. The van der Waals surface area contributed by atoms with Crippen LogP contribution < -0.4 is 9.64 Å². The smallest absolute Gasteiger partial charge is 0.416 e. The van der Waals surface area contributed by atoms with Gasteiger partial charge in [-0.05, 0) is 98.1 Å². The van der Waals surface area contributed by atoms with E-state index >= 15 is 0 Å². The van der Waals surface area contributed by atoms with Crippen molar-refractivity contribution in [3.8, 4) is 5.75 Å². The van der Waals surface area contributed by atoms with Gasteiger partial charge in [0.15, 0.2) is 5.41 Å². The number of amides is 2. The first-order valence-corrected chi connectivity index (χ1v) is 16.6. The highest BCUT2D eigenvalue weighted by molar-refractivity contribution is 6.01. The Kier molecular flexibility index (Phi) is 10.1. The number of alkyl halides is 6. The molecule has 1 fully saturated rings. The molecule has 0 N–H and O–H groups in total. The highest BCUT2D eigenvalue weighted by Gasteiger charge is 2.59. The van der Waals surface area contributed by atoms with Gasteiger partial charge in [-0.25, -0.2) is 4.79 Å². The quantitative estimate of drug-likeness (QED) is 0.218. The molecule has 3 aromatic rings. The van der Waals surface area contributed by atoms with Gasteiger partial charge in [0.25, 0.3) is 0 Å². The summed E-state index contributed by atoms with van der Waals surface area (Å²) in [4.78, 5) is 29.6. The van der Waals surface area contributed by atoms with Gasteiger partial charge in [-0.2, -0.15) is 26.3 Å². The summed E-state index contributed by atoms with van der Waals surface area (Å²) in [6.45, 7) is 8.44. The largest absolute Gasteiger partial charge is 0.496 e. The van der Waals surface area contributed by atoms with Gasteiger partial charge in [0, 0.05) is 24.8 Å². The van der Waals surface area contributed by atoms with Crippen molar-refractivity contribution in [2.45, 2.75) is 83.8 Å². The van der Waals surface area contributed by atoms with E-state index in [1.165, 1.54) is 49.4 Å². The number of hydrogen-bond donors (Lipinski definition) is 0. The Hall–Kier alpha value is -4.48. The van der Waals surface area contributed by atoms with Crippen LogP contribution in [0.1, 0.15) is 80.9 Å². The van der Waals surface area contributed by atoms with Crippen molar-refractivity contribution in [3.05, 3.63) is 100 Å². The first-order valence-electron chi connectivity index (χ1n) is 16.6. The molecule has 0 saturated carbocycles. The van der Waals surface area contributed by atoms with Gasteiger partial charge in [-0.15, -0.1) is 0 Å². The number of halogens is 6. The maximum absolute atomic E-state index is 14.6. The van der Waals surface area contributed by atoms with Crippen LogP contribution in [0.25, 0.3) is 5.57 Å². The molecule has 0 aromatic heterocycles. The SMILES string of the molecule is COc1ccc(N(C)C(=O)[C@](C)(c2ccccc2)C(F)(F)F)cc1C1=C(CN2C(=O)O[C@H](c3cc(C)cc(C(F)(F)F)c3)[C@@H]2C)CC(C)(C)CC1. The molecule has 0 unspecified atom stereocenters. The molecule has 1 saturated heterocycles. The van der Waals surface area contributed by atoms with Gasteiger partial charge in [-0.3, -0.25) is 9.69 Å². The number of rotatable bonds is 8. The van der Waals surface area contributed by atoms with Crippen molar-refractivity contribution < 1.29 is 45.4 Å². The summed E-state index contributed by atoms with van der Waals surface area (Å²) < 4.78 is 96.2. The molecule has 0 radical (unpaired) electrons. The summed E-state index contributed by atoms with van der Waals surface area (Å²) in [5, 5.41) is 0. The topological polar surface area (TPSA) is 59.1 Å². The average molecular weight is 717 g/mol. The van der Waals surface area contributed by atoms with E-state index in [0.717, 1.165) is 41.5 Å². The minimum Gasteiger partial charge on any atom is -0.496 e. The minimum atomic E-state index is -4.90. The number of carbonyl (C=O) groups excluding carboxylic acids is 2. The third-order valence-electron chi connectivity index (χ3n) is 10.2. The number of cyclic esters (lactones) is 1. The second kappa shape index (κ2) is 13.6. The fourth-order valence-electron chi connectivity index (χ4n) is 7.17. The lowest BCUT2D eigenvalue weighted by atomic mass is 9.72. The zero-order valence-corrected chi connectivity index (χ0v) is 29.6. The molecular weight excluding hydrogens is 674 g/mol. The third kappa shape index (κ3) is 7.32. The van der Waals surface area contributed by atoms with Crippen LogP contribution in [0, 0.1) is 12.3 Å². The van der Waals surface area contributed by atoms with Crippen LogP contribution >= 0.6 is 0 Å². The average Bonchev–Trinajstić information content (AvgIpc) is 3.34. The molecule has 51 heavy (non-hydrogen) atoms. The molecule has 1 aliphatic heterocycles. The molecule has 6 nitrogen and oxygen atoms in total. The second-order valence-electron chi connectivity index (χ2n) is 14.5. The van der Waals surface area contributed by atoms with Crippen LogP contribution in [0.3, 0.4) is 0 Å². The number of methoxy groups -OCH3 is 1. The predicted octanol–water partition coefficient (Wildman–Crippen LogP) is 10.1. The number of nitrogens with zero attached hydrogens (tertiary/aromatic N) is 2. The van der Waals surface area contributed by atoms with Crippen LogP contribution in [0.2, 0.25) is 0 Å². The van der Waals surface area contributed by atoms with Crippen LogP contribution in [0.4, 0.5) is 36.8 Å². The van der Waals surface area contributed by atoms with Gasteiger partial charge in [0.1, 0.15) is 11.9 Å². The molecule has 2 aliphatic rings. The van der Waals surface area contributed by atoms with Crippen molar-refractivity contribution in [2.75, 3.05) is 25.6 Å². The first-order chi connectivity index (χ1) is 23.7. The highest BCUT2D eigenvalue weighted by Crippen LogP contribution is 2.48. The summed E-state index contributed by atoms with van der Waals surface area (Å²) >= 11 is 0. The van der Waals surface area contributed by atoms with E-state index in [4.69, 9.17) is 9.47 Å². The summed E-state index contributed by atoms with van der Waals surface area (Å²) in [6, 6.07) is 14.8. The monoisotopic (exact) mass is 716 g/mol. The van der Waals surface area contributed by atoms with Crippen molar-refractivity contribution in [3.63, 3.8) is 0 Å². The zero-order chi connectivity index (χ0) is 37.7. The van der Waals surface area contributed by atoms with Gasteiger partial charge >= 0.3 is 18.4 Å². The van der Waals surface area contributed by atoms with Crippen LogP contribution in [0.15, 0.2) is 72.3 Å². The number of ether oxygens (including phenoxy) is 2. The lowest BCUT2D eigenvalue weighted by Crippen LogP contribution is -2.53. The Balaban J connectivity index is 1.53. The molecule has 0 bridgehead atoms. The van der Waals surface area contributed by atoms with Gasteiger partial charge in [-0.1, -0.05) is 55.8 Å². The second-order valence-corrected chi connectivity index (χ2v) is 14.5. The number of allylic oxidation sites excluding steroid dienone is 1. The van der Waals surface area contributed by atoms with Crippen LogP contribution in [-0.2, 0) is 21.1 Å². The van der Waals surface area contributed by atoms with E-state index in [1.807, 2.05) is 0 Å². The fraction of sp³-hybridized carbons (Fsp3) is 0.436. The zero-order valence-electron chi connectivity index (χ0n) is 29.6. The molecule has 1 aliphatic carbocycles. The summed E-state index contributed by atoms with van der Waals surface area (Å²) in [7, 11) is 2.77. The van der Waals surface area contributed by atoms with E-state index in [-0.39, 0.29) is 28.8 Å². The van der Waals surface area contributed by atoms with Gasteiger partial charge in [0.2, 0.25) is 5.91 Å². The van der Waals surface area contributed by atoms with Gasteiger partial charge < -0.3 is 14.4 Å². The molecule has 3 atom stereocenters. The molecule has 12 heteroatoms. The summed E-state index contributed by atoms with van der Waals surface area (Å²) in [6.07, 6.45) is -9.24. The highest BCUT2D eigenvalue weighted by atomic mass is 19.4. The fourth-order valence-corrected chi connectivity index (χ4v) is 7.17. The number of hydrogen-bond acceptors (Lipinski definition) is 4. The van der Waals surface area contributed by atoms with Crippen molar-refractivity contribution in [1.29, 1.82) is 0 Å². The predicted molar refractivity (Wildman–Crippen MR) is 182 cm³/mol. The Labute approximate surface area is 294 Å². The molecule has 5 rings (SSSR count).